The Kier molecular flexibility index (Phi) is 4.58. The molecule has 0 spiro atoms. The number of nitrogens with two attached hydrogens (primary N) is 1. The van der Waals surface area contributed by atoms with Crippen molar-refractivity contribution >= 4 is 29.1 Å². The van der Waals surface area contributed by atoms with Gasteiger partial charge in [0.1, 0.15) is 0 Å². The highest BCUT2D eigenvalue weighted by Gasteiger charge is 2.07. The van der Waals surface area contributed by atoms with Gasteiger partial charge in [-0.2, -0.15) is 0 Å². The van der Waals surface area contributed by atoms with Crippen molar-refractivity contribution in [2.75, 3.05) is 19.5 Å². The van der Waals surface area contributed by atoms with Crippen LogP contribution in [0.15, 0.2) is 23.1 Å². The fraction of sp³-hybridized carbons (Fsp3) is 0.400. The molecular weight excluding hydrogens is 218 g/mol. The summed E-state index contributed by atoms with van der Waals surface area (Å²) in [6, 6.07) is 5.51. The van der Waals surface area contributed by atoms with Gasteiger partial charge in [0.25, 0.3) is 0 Å². The lowest BCUT2D eigenvalue weighted by Gasteiger charge is -2.11. The number of anilines is 1. The molecule has 0 saturated carbocycles. The Morgan fingerprint density at radius 1 is 1.57 bits per heavy atom. The number of nitrogen functional groups attached to an aromatic ring is 1. The highest BCUT2D eigenvalue weighted by Crippen LogP contribution is 2.31. The number of ether oxygens (including phenoxy) is 1. The summed E-state index contributed by atoms with van der Waals surface area (Å²) < 4.78 is 5.05. The average Bonchev–Trinajstić information content (AvgIpc) is 2.12. The van der Waals surface area contributed by atoms with E-state index in [1.54, 1.807) is 24.9 Å². The van der Waals surface area contributed by atoms with Crippen molar-refractivity contribution in [3.63, 3.8) is 0 Å². The Balaban J connectivity index is 2.70. The Labute approximate surface area is 93.8 Å². The van der Waals surface area contributed by atoms with Crippen molar-refractivity contribution in [3.8, 4) is 0 Å². The summed E-state index contributed by atoms with van der Waals surface area (Å²) in [5, 5.41) is 1.12. The predicted octanol–water partition coefficient (Wildman–Crippen LogP) is 3.05. The van der Waals surface area contributed by atoms with Gasteiger partial charge in [-0.15, -0.1) is 11.8 Å². The van der Waals surface area contributed by atoms with Gasteiger partial charge in [-0.3, -0.25) is 0 Å². The number of benzene rings is 1. The standard InChI is InChI=1S/C10H14ClNOS/c1-7(6-13-2)14-10-5-8(12)3-4-9(10)11/h3-5,7H,6,12H2,1-2H3. The van der Waals surface area contributed by atoms with E-state index in [0.29, 0.717) is 11.9 Å². The minimum Gasteiger partial charge on any atom is -0.399 e. The zero-order valence-corrected chi connectivity index (χ0v) is 9.86. The summed E-state index contributed by atoms with van der Waals surface area (Å²) >= 11 is 7.70. The van der Waals surface area contributed by atoms with E-state index < -0.39 is 0 Å². The van der Waals surface area contributed by atoms with Crippen molar-refractivity contribution in [1.29, 1.82) is 0 Å². The fourth-order valence-corrected chi connectivity index (χ4v) is 2.37. The highest BCUT2D eigenvalue weighted by molar-refractivity contribution is 8.00. The van der Waals surface area contributed by atoms with E-state index in [2.05, 4.69) is 6.92 Å². The van der Waals surface area contributed by atoms with Gasteiger partial charge < -0.3 is 10.5 Å². The molecule has 1 rings (SSSR count). The molecule has 0 heterocycles. The molecular formula is C10H14ClNOS. The van der Waals surface area contributed by atoms with Crippen LogP contribution in [0.3, 0.4) is 0 Å². The zero-order valence-electron chi connectivity index (χ0n) is 8.29. The van der Waals surface area contributed by atoms with Gasteiger partial charge in [0.2, 0.25) is 0 Å². The first-order valence-electron chi connectivity index (χ1n) is 4.34. The maximum atomic E-state index is 6.02. The molecule has 0 aliphatic heterocycles. The Morgan fingerprint density at radius 2 is 2.29 bits per heavy atom. The van der Waals surface area contributed by atoms with Crippen LogP contribution in [0.2, 0.25) is 5.02 Å². The van der Waals surface area contributed by atoms with Crippen LogP contribution >= 0.6 is 23.4 Å². The van der Waals surface area contributed by atoms with Crippen LogP contribution in [-0.2, 0) is 4.74 Å². The predicted molar refractivity (Wildman–Crippen MR) is 63.1 cm³/mol. The Bertz CT molecular complexity index is 306. The molecule has 0 fully saturated rings. The second-order valence-electron chi connectivity index (χ2n) is 3.07. The van der Waals surface area contributed by atoms with Gasteiger partial charge in [-0.25, -0.2) is 0 Å². The number of methoxy groups -OCH3 is 1. The number of halogens is 1. The SMILES string of the molecule is COCC(C)Sc1cc(N)ccc1Cl. The Hall–Kier alpha value is -0.380. The van der Waals surface area contributed by atoms with E-state index in [1.165, 1.54) is 0 Å². The van der Waals surface area contributed by atoms with Crippen LogP contribution in [0.25, 0.3) is 0 Å². The third kappa shape index (κ3) is 3.40. The summed E-state index contributed by atoms with van der Waals surface area (Å²) in [6.07, 6.45) is 0. The van der Waals surface area contributed by atoms with Crippen LogP contribution in [0.4, 0.5) is 5.69 Å². The first-order valence-corrected chi connectivity index (χ1v) is 5.60. The topological polar surface area (TPSA) is 35.2 Å². The molecule has 78 valence electrons. The van der Waals surface area contributed by atoms with Gasteiger partial charge in [-0.05, 0) is 18.2 Å². The Morgan fingerprint density at radius 3 is 2.93 bits per heavy atom. The summed E-state index contributed by atoms with van der Waals surface area (Å²) in [7, 11) is 1.69. The molecule has 0 aliphatic carbocycles. The average molecular weight is 232 g/mol. The summed E-state index contributed by atoms with van der Waals surface area (Å²) in [5.74, 6) is 0. The largest absolute Gasteiger partial charge is 0.399 e. The summed E-state index contributed by atoms with van der Waals surface area (Å²) in [6.45, 7) is 2.80. The molecule has 0 bridgehead atoms. The maximum Gasteiger partial charge on any atom is 0.0582 e. The fourth-order valence-electron chi connectivity index (χ4n) is 1.10. The van der Waals surface area contributed by atoms with Crippen molar-refractivity contribution in [2.45, 2.75) is 17.1 Å². The molecule has 2 nitrogen and oxygen atoms in total. The maximum absolute atomic E-state index is 6.02. The highest BCUT2D eigenvalue weighted by atomic mass is 35.5. The molecule has 2 N–H and O–H groups in total. The van der Waals surface area contributed by atoms with Crippen LogP contribution in [0.5, 0.6) is 0 Å². The molecule has 0 aliphatic rings. The van der Waals surface area contributed by atoms with Gasteiger partial charge in [-0.1, -0.05) is 18.5 Å². The molecule has 0 aromatic heterocycles. The van der Waals surface area contributed by atoms with Gasteiger partial charge >= 0.3 is 0 Å². The van der Waals surface area contributed by atoms with Crippen LogP contribution in [0.1, 0.15) is 6.92 Å². The lowest BCUT2D eigenvalue weighted by molar-refractivity contribution is 0.203. The first kappa shape index (κ1) is 11.7. The summed E-state index contributed by atoms with van der Waals surface area (Å²) in [5.41, 5.74) is 6.41. The van der Waals surface area contributed by atoms with E-state index in [1.807, 2.05) is 12.1 Å². The smallest absolute Gasteiger partial charge is 0.0582 e. The summed E-state index contributed by atoms with van der Waals surface area (Å²) in [4.78, 5) is 1.01. The monoisotopic (exact) mass is 231 g/mol. The molecule has 0 saturated heterocycles. The first-order chi connectivity index (χ1) is 6.63. The lowest BCUT2D eigenvalue weighted by Crippen LogP contribution is -2.05. The molecule has 1 aromatic carbocycles. The number of hydrogen-bond acceptors (Lipinski definition) is 3. The van der Waals surface area contributed by atoms with Crippen LogP contribution in [-0.4, -0.2) is 19.0 Å². The third-order valence-corrected chi connectivity index (χ3v) is 3.26. The van der Waals surface area contributed by atoms with Crippen LogP contribution < -0.4 is 5.73 Å². The van der Waals surface area contributed by atoms with Crippen molar-refractivity contribution in [3.05, 3.63) is 23.2 Å². The van der Waals surface area contributed by atoms with E-state index in [4.69, 9.17) is 22.1 Å². The third-order valence-electron chi connectivity index (χ3n) is 1.68. The normalized spacial score (nSPS) is 12.8. The van der Waals surface area contributed by atoms with E-state index in [-0.39, 0.29) is 0 Å². The van der Waals surface area contributed by atoms with E-state index in [9.17, 15) is 0 Å². The molecule has 1 atom stereocenters. The second-order valence-corrected chi connectivity index (χ2v) is 4.96. The molecule has 1 unspecified atom stereocenters. The zero-order chi connectivity index (χ0) is 10.6. The van der Waals surface area contributed by atoms with Crippen molar-refractivity contribution in [1.82, 2.24) is 0 Å². The number of rotatable bonds is 4. The lowest BCUT2D eigenvalue weighted by atomic mass is 10.3. The minimum absolute atomic E-state index is 0.374. The molecule has 0 amide bonds. The van der Waals surface area contributed by atoms with Crippen molar-refractivity contribution in [2.24, 2.45) is 0 Å². The molecule has 4 heteroatoms. The minimum atomic E-state index is 0.374. The van der Waals surface area contributed by atoms with Gasteiger partial charge in [0.05, 0.1) is 11.6 Å². The number of hydrogen-bond donors (Lipinski definition) is 1. The van der Waals surface area contributed by atoms with Gasteiger partial charge in [0, 0.05) is 22.9 Å². The molecule has 1 aromatic rings. The second kappa shape index (κ2) is 5.49. The molecule has 14 heavy (non-hydrogen) atoms. The van der Waals surface area contributed by atoms with Crippen molar-refractivity contribution < 1.29 is 4.74 Å². The number of thioether (sulfide) groups is 1. The van der Waals surface area contributed by atoms with E-state index in [0.717, 1.165) is 15.6 Å². The quantitative estimate of drug-likeness (QED) is 0.639. The van der Waals surface area contributed by atoms with Gasteiger partial charge in [0.15, 0.2) is 0 Å². The van der Waals surface area contributed by atoms with E-state index >= 15 is 0 Å². The van der Waals surface area contributed by atoms with Crippen LogP contribution in [0, 0.1) is 0 Å². The molecule has 0 radical (unpaired) electrons.